The van der Waals surface area contributed by atoms with Crippen LogP contribution in [0.3, 0.4) is 0 Å². The number of methoxy groups -OCH3 is 1. The highest BCUT2D eigenvalue weighted by molar-refractivity contribution is 5.85. The molecule has 3 aromatic rings. The molecule has 0 N–H and O–H groups in total. The number of aryl methyl sites for hydroxylation is 1. The zero-order valence-corrected chi connectivity index (χ0v) is 17.4. The van der Waals surface area contributed by atoms with Crippen LogP contribution in [0, 0.1) is 5.41 Å². The SMILES string of the molecule is CCOC(=O)C(C)(C)CC(c1ccc(OC)cc1)c1cn(C)c2ccccc12. The molecule has 0 aliphatic rings. The molecule has 0 aliphatic carbocycles. The van der Waals surface area contributed by atoms with Crippen LogP contribution in [0.4, 0.5) is 0 Å². The van der Waals surface area contributed by atoms with E-state index in [2.05, 4.69) is 54.2 Å². The molecule has 0 bridgehead atoms. The first-order chi connectivity index (χ1) is 13.4. The number of fused-ring (bicyclic) bond motifs is 1. The van der Waals surface area contributed by atoms with E-state index in [0.717, 1.165) is 11.3 Å². The average molecular weight is 380 g/mol. The Labute approximate surface area is 167 Å². The van der Waals surface area contributed by atoms with Crippen molar-refractivity contribution in [3.8, 4) is 5.75 Å². The maximum absolute atomic E-state index is 12.6. The first-order valence-corrected chi connectivity index (χ1v) is 9.72. The second kappa shape index (κ2) is 8.09. The molecule has 28 heavy (non-hydrogen) atoms. The first kappa shape index (κ1) is 20.0. The maximum atomic E-state index is 12.6. The Balaban J connectivity index is 2.09. The predicted molar refractivity (Wildman–Crippen MR) is 113 cm³/mol. The number of para-hydroxylation sites is 1. The molecule has 148 valence electrons. The predicted octanol–water partition coefficient (Wildman–Crippen LogP) is 5.30. The summed E-state index contributed by atoms with van der Waals surface area (Å²) in [6.45, 7) is 6.17. The van der Waals surface area contributed by atoms with Crippen LogP contribution in [0.25, 0.3) is 10.9 Å². The topological polar surface area (TPSA) is 40.5 Å². The van der Waals surface area contributed by atoms with Gasteiger partial charge < -0.3 is 14.0 Å². The molecule has 0 saturated heterocycles. The summed E-state index contributed by atoms with van der Waals surface area (Å²) in [7, 11) is 3.73. The average Bonchev–Trinajstić information content (AvgIpc) is 3.03. The molecule has 4 heteroatoms. The first-order valence-electron chi connectivity index (χ1n) is 9.72. The molecule has 1 unspecified atom stereocenters. The molecule has 0 radical (unpaired) electrons. The second-order valence-corrected chi connectivity index (χ2v) is 7.85. The van der Waals surface area contributed by atoms with Gasteiger partial charge in [-0.15, -0.1) is 0 Å². The maximum Gasteiger partial charge on any atom is 0.311 e. The Morgan fingerprint density at radius 1 is 1.11 bits per heavy atom. The van der Waals surface area contributed by atoms with Crippen LogP contribution in [0.5, 0.6) is 5.75 Å². The number of benzene rings is 2. The number of rotatable bonds is 7. The molecular weight excluding hydrogens is 350 g/mol. The molecule has 4 nitrogen and oxygen atoms in total. The number of aromatic nitrogens is 1. The van der Waals surface area contributed by atoms with Gasteiger partial charge in [-0.2, -0.15) is 0 Å². The summed E-state index contributed by atoms with van der Waals surface area (Å²) in [5.74, 6) is 0.732. The van der Waals surface area contributed by atoms with Crippen LogP contribution < -0.4 is 4.74 Å². The number of nitrogens with zero attached hydrogens (tertiary/aromatic N) is 1. The van der Waals surface area contributed by atoms with Gasteiger partial charge >= 0.3 is 5.97 Å². The Kier molecular flexibility index (Phi) is 5.78. The van der Waals surface area contributed by atoms with E-state index in [1.807, 2.05) is 32.9 Å². The minimum atomic E-state index is -0.600. The summed E-state index contributed by atoms with van der Waals surface area (Å²) >= 11 is 0. The van der Waals surface area contributed by atoms with Gasteiger partial charge in [-0.3, -0.25) is 4.79 Å². The van der Waals surface area contributed by atoms with Crippen molar-refractivity contribution < 1.29 is 14.3 Å². The Morgan fingerprint density at radius 2 is 1.79 bits per heavy atom. The molecule has 0 fully saturated rings. The van der Waals surface area contributed by atoms with Crippen LogP contribution >= 0.6 is 0 Å². The van der Waals surface area contributed by atoms with E-state index < -0.39 is 5.41 Å². The van der Waals surface area contributed by atoms with E-state index in [0.29, 0.717) is 13.0 Å². The zero-order chi connectivity index (χ0) is 20.3. The number of carbonyl (C=O) groups excluding carboxylic acids is 1. The highest BCUT2D eigenvalue weighted by Gasteiger charge is 2.34. The second-order valence-electron chi connectivity index (χ2n) is 7.85. The van der Waals surface area contributed by atoms with E-state index in [9.17, 15) is 4.79 Å². The summed E-state index contributed by atoms with van der Waals surface area (Å²) in [6, 6.07) is 16.5. The fraction of sp³-hybridized carbons (Fsp3) is 0.375. The van der Waals surface area contributed by atoms with Gasteiger partial charge in [0.1, 0.15) is 5.75 Å². The number of esters is 1. The van der Waals surface area contributed by atoms with Gasteiger partial charge in [0, 0.05) is 30.1 Å². The van der Waals surface area contributed by atoms with Crippen molar-refractivity contribution in [1.29, 1.82) is 0 Å². The van der Waals surface area contributed by atoms with Crippen molar-refractivity contribution >= 4 is 16.9 Å². The minimum absolute atomic E-state index is 0.0661. The summed E-state index contributed by atoms with van der Waals surface area (Å²) < 4.78 is 12.8. The molecule has 0 aliphatic heterocycles. The Hall–Kier alpha value is -2.75. The summed E-state index contributed by atoms with van der Waals surface area (Å²) in [5, 5.41) is 1.21. The molecule has 3 rings (SSSR count). The lowest BCUT2D eigenvalue weighted by Crippen LogP contribution is -2.29. The van der Waals surface area contributed by atoms with E-state index in [1.54, 1.807) is 7.11 Å². The molecule has 2 aromatic carbocycles. The van der Waals surface area contributed by atoms with E-state index in [1.165, 1.54) is 16.5 Å². The lowest BCUT2D eigenvalue weighted by Gasteiger charge is -2.28. The van der Waals surface area contributed by atoms with Crippen LogP contribution in [0.1, 0.15) is 44.2 Å². The largest absolute Gasteiger partial charge is 0.497 e. The van der Waals surface area contributed by atoms with Gasteiger partial charge in [-0.25, -0.2) is 0 Å². The molecule has 1 atom stereocenters. The smallest absolute Gasteiger partial charge is 0.311 e. The van der Waals surface area contributed by atoms with Gasteiger partial charge in [-0.1, -0.05) is 30.3 Å². The van der Waals surface area contributed by atoms with Gasteiger partial charge in [-0.05, 0) is 56.5 Å². The molecular formula is C24H29NO3. The van der Waals surface area contributed by atoms with Gasteiger partial charge in [0.05, 0.1) is 19.1 Å². The van der Waals surface area contributed by atoms with Crippen molar-refractivity contribution in [1.82, 2.24) is 4.57 Å². The highest BCUT2D eigenvalue weighted by Crippen LogP contribution is 2.41. The molecule has 0 spiro atoms. The van der Waals surface area contributed by atoms with Crippen LogP contribution in [0.2, 0.25) is 0 Å². The van der Waals surface area contributed by atoms with Crippen LogP contribution in [0.15, 0.2) is 54.7 Å². The monoisotopic (exact) mass is 379 g/mol. The fourth-order valence-electron chi connectivity index (χ4n) is 3.81. The fourth-order valence-corrected chi connectivity index (χ4v) is 3.81. The molecule has 0 saturated carbocycles. The summed E-state index contributed by atoms with van der Waals surface area (Å²) in [6.07, 6.45) is 2.84. The number of hydrogen-bond donors (Lipinski definition) is 0. The summed E-state index contributed by atoms with van der Waals surface area (Å²) in [5.41, 5.74) is 2.97. The van der Waals surface area contributed by atoms with Gasteiger partial charge in [0.2, 0.25) is 0 Å². The van der Waals surface area contributed by atoms with Crippen molar-refractivity contribution in [2.75, 3.05) is 13.7 Å². The minimum Gasteiger partial charge on any atom is -0.497 e. The molecule has 1 heterocycles. The van der Waals surface area contributed by atoms with E-state index in [-0.39, 0.29) is 11.9 Å². The van der Waals surface area contributed by atoms with Gasteiger partial charge in [0.15, 0.2) is 0 Å². The highest BCUT2D eigenvalue weighted by atomic mass is 16.5. The zero-order valence-electron chi connectivity index (χ0n) is 17.4. The molecule has 0 amide bonds. The Morgan fingerprint density at radius 3 is 2.43 bits per heavy atom. The third-order valence-corrected chi connectivity index (χ3v) is 5.36. The lowest BCUT2D eigenvalue weighted by molar-refractivity contribution is -0.153. The van der Waals surface area contributed by atoms with Crippen molar-refractivity contribution in [2.45, 2.75) is 33.1 Å². The quantitative estimate of drug-likeness (QED) is 0.523. The van der Waals surface area contributed by atoms with Gasteiger partial charge in [0.25, 0.3) is 0 Å². The van der Waals surface area contributed by atoms with E-state index in [4.69, 9.17) is 9.47 Å². The van der Waals surface area contributed by atoms with Crippen molar-refractivity contribution in [2.24, 2.45) is 12.5 Å². The van der Waals surface area contributed by atoms with Crippen molar-refractivity contribution in [3.63, 3.8) is 0 Å². The van der Waals surface area contributed by atoms with Crippen molar-refractivity contribution in [3.05, 3.63) is 65.9 Å². The third kappa shape index (κ3) is 3.91. The van der Waals surface area contributed by atoms with Crippen LogP contribution in [-0.2, 0) is 16.6 Å². The normalized spacial score (nSPS) is 12.8. The molecule has 1 aromatic heterocycles. The van der Waals surface area contributed by atoms with Crippen LogP contribution in [-0.4, -0.2) is 24.3 Å². The Bertz CT molecular complexity index is 954. The number of ether oxygens (including phenoxy) is 2. The number of carbonyl (C=O) groups is 1. The third-order valence-electron chi connectivity index (χ3n) is 5.36. The number of hydrogen-bond acceptors (Lipinski definition) is 3. The standard InChI is InChI=1S/C24H29NO3/c1-6-28-23(26)24(2,3)15-20(17-11-13-18(27-5)14-12-17)21-16-25(4)22-10-8-7-9-19(21)22/h7-14,16,20H,6,15H2,1-5H3. The lowest BCUT2D eigenvalue weighted by atomic mass is 9.76. The van der Waals surface area contributed by atoms with E-state index >= 15 is 0 Å². The summed E-state index contributed by atoms with van der Waals surface area (Å²) in [4.78, 5) is 12.6.